The van der Waals surface area contributed by atoms with Crippen molar-refractivity contribution >= 4 is 34.6 Å². The van der Waals surface area contributed by atoms with Crippen molar-refractivity contribution in [2.45, 2.75) is 19.8 Å². The smallest absolute Gasteiger partial charge is 0.310 e. The van der Waals surface area contributed by atoms with Crippen molar-refractivity contribution in [3.8, 4) is 11.8 Å². The molecule has 0 amide bonds. The fourth-order valence-corrected chi connectivity index (χ4v) is 3.58. The molecule has 0 saturated heterocycles. The van der Waals surface area contributed by atoms with Gasteiger partial charge in [-0.25, -0.2) is 4.98 Å². The molecule has 2 heterocycles. The lowest BCUT2D eigenvalue weighted by atomic mass is 10.0. The summed E-state index contributed by atoms with van der Waals surface area (Å²) in [5, 5.41) is 25.8. The molecule has 1 aromatic heterocycles. The van der Waals surface area contributed by atoms with E-state index in [1.54, 1.807) is 49.5 Å². The lowest BCUT2D eigenvalue weighted by Gasteiger charge is -2.14. The number of benzene rings is 2. The Balaban J connectivity index is 1.62. The minimum absolute atomic E-state index is 0.0318. The van der Waals surface area contributed by atoms with Gasteiger partial charge in [-0.05, 0) is 42.8 Å². The first-order chi connectivity index (χ1) is 15.5. The molecule has 0 unspecified atom stereocenters. The van der Waals surface area contributed by atoms with Crippen LogP contribution in [0.3, 0.4) is 0 Å². The number of esters is 1. The average molecular weight is 428 g/mol. The quantitative estimate of drug-likeness (QED) is 0.521. The first kappa shape index (κ1) is 20.9. The van der Waals surface area contributed by atoms with Crippen molar-refractivity contribution in [2.24, 2.45) is 0 Å². The number of pyridine rings is 1. The van der Waals surface area contributed by atoms with Crippen LogP contribution in [0.5, 0.6) is 5.75 Å². The number of phenols is 1. The van der Waals surface area contributed by atoms with Crippen molar-refractivity contribution in [1.29, 1.82) is 5.26 Å². The van der Waals surface area contributed by atoms with Gasteiger partial charge in [0.05, 0.1) is 35.9 Å². The second-order valence-corrected chi connectivity index (χ2v) is 7.24. The van der Waals surface area contributed by atoms with Gasteiger partial charge in [-0.1, -0.05) is 6.07 Å². The zero-order chi connectivity index (χ0) is 22.7. The third-order valence-electron chi connectivity index (χ3n) is 5.07. The molecule has 3 N–H and O–H groups in total. The SMILES string of the molecule is CCOC(=O)Cc1ccc(Nc2ccnc3c2C(=O)Cc2cc(C#N)ccc2N3)cc1O. The third kappa shape index (κ3) is 4.23. The number of hydrogen-bond acceptors (Lipinski definition) is 8. The summed E-state index contributed by atoms with van der Waals surface area (Å²) in [6.07, 6.45) is 1.66. The molecule has 8 heteroatoms. The standard InChI is InChI=1S/C24H20N4O4/c1-2-32-22(31)11-15-4-5-17(12-20(15)29)27-19-7-8-26-24-23(19)21(30)10-16-9-14(13-25)3-6-18(16)28-24/h3-9,12,29H,2,10-11H2,1H3,(H2,26,27,28). The summed E-state index contributed by atoms with van der Waals surface area (Å²) >= 11 is 0. The fraction of sp³-hybridized carbons (Fsp3) is 0.167. The number of hydrogen-bond donors (Lipinski definition) is 3. The number of fused-ring (bicyclic) bond motifs is 2. The lowest BCUT2D eigenvalue weighted by molar-refractivity contribution is -0.142. The fourth-order valence-electron chi connectivity index (χ4n) is 3.58. The first-order valence-electron chi connectivity index (χ1n) is 10.0. The predicted octanol–water partition coefficient (Wildman–Crippen LogP) is 3.99. The molecule has 0 bridgehead atoms. The van der Waals surface area contributed by atoms with Crippen LogP contribution in [-0.2, 0) is 22.4 Å². The van der Waals surface area contributed by atoms with Gasteiger partial charge >= 0.3 is 5.97 Å². The largest absolute Gasteiger partial charge is 0.508 e. The molecule has 0 fully saturated rings. The Morgan fingerprint density at radius 3 is 2.88 bits per heavy atom. The Hall–Kier alpha value is -4.38. The van der Waals surface area contributed by atoms with Gasteiger partial charge in [0.2, 0.25) is 0 Å². The van der Waals surface area contributed by atoms with Gasteiger partial charge in [0.25, 0.3) is 0 Å². The molecule has 1 aliphatic heterocycles. The monoisotopic (exact) mass is 428 g/mol. The summed E-state index contributed by atoms with van der Waals surface area (Å²) < 4.78 is 4.92. The zero-order valence-corrected chi connectivity index (χ0v) is 17.3. The van der Waals surface area contributed by atoms with Crippen LogP contribution in [0.15, 0.2) is 48.7 Å². The van der Waals surface area contributed by atoms with Crippen LogP contribution < -0.4 is 10.6 Å². The number of nitriles is 1. The maximum atomic E-state index is 13.1. The first-order valence-corrected chi connectivity index (χ1v) is 10.0. The predicted molar refractivity (Wildman–Crippen MR) is 118 cm³/mol. The zero-order valence-electron chi connectivity index (χ0n) is 17.3. The number of nitrogens with zero attached hydrogens (tertiary/aromatic N) is 2. The van der Waals surface area contributed by atoms with Crippen LogP contribution in [0, 0.1) is 11.3 Å². The number of aromatic nitrogens is 1. The third-order valence-corrected chi connectivity index (χ3v) is 5.07. The summed E-state index contributed by atoms with van der Waals surface area (Å²) in [7, 11) is 0. The minimum atomic E-state index is -0.418. The van der Waals surface area contributed by atoms with E-state index in [-0.39, 0.29) is 31.0 Å². The van der Waals surface area contributed by atoms with E-state index in [1.807, 2.05) is 0 Å². The average Bonchev–Trinajstić information content (AvgIpc) is 2.91. The van der Waals surface area contributed by atoms with Crippen molar-refractivity contribution in [3.63, 3.8) is 0 Å². The van der Waals surface area contributed by atoms with E-state index in [4.69, 9.17) is 10.00 Å². The summed E-state index contributed by atoms with van der Waals surface area (Å²) in [6.45, 7) is 2.00. The van der Waals surface area contributed by atoms with E-state index in [2.05, 4.69) is 21.7 Å². The highest BCUT2D eigenvalue weighted by Crippen LogP contribution is 2.35. The molecule has 4 rings (SSSR count). The lowest BCUT2D eigenvalue weighted by Crippen LogP contribution is -2.09. The van der Waals surface area contributed by atoms with E-state index < -0.39 is 5.97 Å². The highest BCUT2D eigenvalue weighted by molar-refractivity contribution is 6.09. The Kier molecular flexibility index (Phi) is 5.73. The number of ether oxygens (including phenoxy) is 1. The Morgan fingerprint density at radius 1 is 1.28 bits per heavy atom. The van der Waals surface area contributed by atoms with Crippen LogP contribution in [-0.4, -0.2) is 28.4 Å². The molecule has 3 aromatic rings. The van der Waals surface area contributed by atoms with Gasteiger partial charge in [-0.2, -0.15) is 5.26 Å². The normalized spacial score (nSPS) is 11.9. The highest BCUT2D eigenvalue weighted by atomic mass is 16.5. The molecule has 160 valence electrons. The van der Waals surface area contributed by atoms with Gasteiger partial charge in [0.1, 0.15) is 11.6 Å². The number of nitrogens with one attached hydrogen (secondary N) is 2. The number of rotatable bonds is 5. The second-order valence-electron chi connectivity index (χ2n) is 7.24. The number of Topliss-reactive ketones (excluding diaryl/α,β-unsaturated/α-hetero) is 1. The molecule has 0 atom stereocenters. The van der Waals surface area contributed by atoms with Gasteiger partial charge in [0, 0.05) is 35.6 Å². The number of carbonyl (C=O) groups excluding carboxylic acids is 2. The Bertz CT molecular complexity index is 1260. The maximum Gasteiger partial charge on any atom is 0.310 e. The van der Waals surface area contributed by atoms with Crippen molar-refractivity contribution in [2.75, 3.05) is 17.2 Å². The Morgan fingerprint density at radius 2 is 2.12 bits per heavy atom. The van der Waals surface area contributed by atoms with E-state index in [1.165, 1.54) is 6.07 Å². The number of phenolic OH excluding ortho intramolecular Hbond substituents is 1. The number of carbonyl (C=O) groups is 2. The van der Waals surface area contributed by atoms with E-state index in [0.717, 1.165) is 11.3 Å². The molecule has 8 nitrogen and oxygen atoms in total. The van der Waals surface area contributed by atoms with Crippen molar-refractivity contribution < 1.29 is 19.4 Å². The van der Waals surface area contributed by atoms with Crippen molar-refractivity contribution in [3.05, 3.63) is 70.9 Å². The van der Waals surface area contributed by atoms with E-state index >= 15 is 0 Å². The molecular formula is C24H20N4O4. The second kappa shape index (κ2) is 8.78. The number of aromatic hydroxyl groups is 1. The molecular weight excluding hydrogens is 408 g/mol. The Labute approximate surface area is 184 Å². The van der Waals surface area contributed by atoms with Crippen LogP contribution in [0.2, 0.25) is 0 Å². The number of ketones is 1. The van der Waals surface area contributed by atoms with E-state index in [9.17, 15) is 14.7 Å². The van der Waals surface area contributed by atoms with Crippen LogP contribution >= 0.6 is 0 Å². The van der Waals surface area contributed by atoms with Gasteiger partial charge in [0.15, 0.2) is 5.78 Å². The van der Waals surface area contributed by atoms with Crippen LogP contribution in [0.25, 0.3) is 0 Å². The summed E-state index contributed by atoms with van der Waals surface area (Å²) in [5.74, 6) is -0.213. The maximum absolute atomic E-state index is 13.1. The summed E-state index contributed by atoms with van der Waals surface area (Å²) in [5.41, 5.74) is 3.83. The van der Waals surface area contributed by atoms with Crippen molar-refractivity contribution in [1.82, 2.24) is 4.98 Å². The molecule has 0 saturated carbocycles. The van der Waals surface area contributed by atoms with Crippen LogP contribution in [0.4, 0.5) is 22.9 Å². The topological polar surface area (TPSA) is 124 Å². The van der Waals surface area contributed by atoms with Gasteiger partial charge in [-0.15, -0.1) is 0 Å². The van der Waals surface area contributed by atoms with E-state index in [0.29, 0.717) is 33.9 Å². The van der Waals surface area contributed by atoms with Crippen LogP contribution in [0.1, 0.15) is 34.0 Å². The molecule has 1 aliphatic rings. The molecule has 0 aliphatic carbocycles. The summed E-state index contributed by atoms with van der Waals surface area (Å²) in [4.78, 5) is 29.1. The molecule has 32 heavy (non-hydrogen) atoms. The molecule has 0 spiro atoms. The number of anilines is 4. The highest BCUT2D eigenvalue weighted by Gasteiger charge is 2.24. The van der Waals surface area contributed by atoms with Gasteiger partial charge < -0.3 is 20.5 Å². The molecule has 0 radical (unpaired) electrons. The summed E-state index contributed by atoms with van der Waals surface area (Å²) in [6, 6.07) is 13.7. The van der Waals surface area contributed by atoms with Gasteiger partial charge in [-0.3, -0.25) is 9.59 Å². The molecule has 2 aromatic carbocycles. The minimum Gasteiger partial charge on any atom is -0.508 e.